The number of hydrogen-bond acceptors (Lipinski definition) is 8. The first-order chi connectivity index (χ1) is 20.8. The summed E-state index contributed by atoms with van der Waals surface area (Å²) in [5, 5.41) is 2.57. The second kappa shape index (κ2) is 15.0. The van der Waals surface area contributed by atoms with E-state index in [1.807, 2.05) is 22.7 Å². The molecule has 4 aromatic carbocycles. The van der Waals surface area contributed by atoms with Crippen molar-refractivity contribution >= 4 is 55.0 Å². The minimum atomic E-state index is -4.94. The third-order valence-electron chi connectivity index (χ3n) is 5.97. The number of benzene rings is 4. The number of fused-ring (bicyclic) bond motifs is 2. The second-order valence-corrected chi connectivity index (χ2v) is 12.6. The van der Waals surface area contributed by atoms with Gasteiger partial charge in [0, 0.05) is 46.2 Å². The van der Waals surface area contributed by atoms with Gasteiger partial charge in [0.15, 0.2) is 0 Å². The van der Waals surface area contributed by atoms with Gasteiger partial charge in [-0.3, -0.25) is 0 Å². The molecule has 0 unspecified atom stereocenters. The summed E-state index contributed by atoms with van der Waals surface area (Å²) in [4.78, 5) is 2.56. The van der Waals surface area contributed by atoms with E-state index in [0.717, 1.165) is 0 Å². The van der Waals surface area contributed by atoms with Crippen molar-refractivity contribution in [3.8, 4) is 20.9 Å². The molecule has 12 heteroatoms. The summed E-state index contributed by atoms with van der Waals surface area (Å²) in [7, 11) is -9.89. The Bertz CT molecular complexity index is 1710. The first kappa shape index (κ1) is 33.4. The maximum atomic E-state index is 8.49. The van der Waals surface area contributed by atoms with Gasteiger partial charge in [-0.1, -0.05) is 72.8 Å². The molecule has 0 fully saturated rings. The number of rotatable bonds is 4. The molecule has 0 amide bonds. The van der Waals surface area contributed by atoms with Crippen LogP contribution in [0.15, 0.2) is 121 Å². The van der Waals surface area contributed by atoms with E-state index in [-0.39, 0.29) is 0 Å². The van der Waals surface area contributed by atoms with E-state index in [1.54, 1.807) is 0 Å². The van der Waals surface area contributed by atoms with Crippen LogP contribution in [0, 0.1) is 20.5 Å². The molecule has 0 aliphatic heterocycles. The molecule has 6 aromatic rings. The van der Waals surface area contributed by atoms with Gasteiger partial charge in [-0.05, 0) is 47.5 Å². The third-order valence-corrected chi connectivity index (χ3v) is 8.27. The first-order valence-corrected chi connectivity index (χ1v) is 16.7. The minimum Gasteiger partial charge on any atom is -0.222 e. The number of halogens is 2. The van der Waals surface area contributed by atoms with Crippen LogP contribution in [0.4, 0.5) is 0 Å². The predicted molar refractivity (Wildman–Crippen MR) is 152 cm³/mol. The Morgan fingerprint density at radius 1 is 0.409 bits per heavy atom. The fraction of sp³-hybridized carbons (Fsp3) is 0. The van der Waals surface area contributed by atoms with Crippen molar-refractivity contribution in [2.75, 3.05) is 0 Å². The number of hydrogen-bond donors (Lipinski definition) is 0. The van der Waals surface area contributed by atoms with Crippen molar-refractivity contribution in [3.63, 3.8) is 0 Å². The summed E-state index contributed by atoms with van der Waals surface area (Å²) in [6.07, 6.45) is 4.56. The van der Waals surface area contributed by atoms with Crippen LogP contribution in [-0.2, 0) is 0 Å². The quantitative estimate of drug-likeness (QED) is 0.245. The summed E-state index contributed by atoms with van der Waals surface area (Å²) < 4.78 is 70.5. The van der Waals surface area contributed by atoms with Gasteiger partial charge in [-0.25, -0.2) is 37.3 Å². The van der Waals surface area contributed by atoms with Crippen molar-refractivity contribution in [2.24, 2.45) is 0 Å². The van der Waals surface area contributed by atoms with Gasteiger partial charge >= 0.3 is 0 Å². The zero-order chi connectivity index (χ0) is 31.7. The summed E-state index contributed by atoms with van der Waals surface area (Å²) in [6, 6.07) is 43.3. The molecule has 0 atom stereocenters. The topological polar surface area (TPSA) is 184 Å². The zero-order valence-corrected chi connectivity index (χ0v) is 25.7. The van der Waals surface area contributed by atoms with E-state index in [2.05, 4.69) is 133 Å². The molecule has 224 valence electrons. The molecule has 0 bridgehead atoms. The Morgan fingerprint density at radius 2 is 0.705 bits per heavy atom. The largest absolute Gasteiger partial charge is 0.239 e. The van der Waals surface area contributed by atoms with Crippen LogP contribution in [0.25, 0.3) is 53.2 Å². The normalized spacial score (nSPS) is 11.5. The zero-order valence-electron chi connectivity index (χ0n) is 22.5. The highest BCUT2D eigenvalue weighted by atomic mass is 35.7. The van der Waals surface area contributed by atoms with Crippen molar-refractivity contribution < 1.29 is 57.8 Å². The van der Waals surface area contributed by atoms with Crippen LogP contribution >= 0.6 is 22.7 Å². The SMILES string of the molecule is C(=C\c1cc(-c2ccccc2)[s+]c2ccccc12)/c1cc(-c2ccccc2)[s+]c2ccccc12.[O-][Cl+3]([O-])([O-])[O-].[O-][Cl+3]([O-])([O-])[O-]. The maximum Gasteiger partial charge on any atom is 0.239 e. The molecule has 0 aliphatic carbocycles. The Labute approximate surface area is 265 Å². The molecule has 0 aliphatic rings. The Balaban J connectivity index is 0.000000386. The average molecular weight is 670 g/mol. The van der Waals surface area contributed by atoms with Gasteiger partial charge in [-0.15, -0.1) is 20.5 Å². The molecule has 0 saturated heterocycles. The van der Waals surface area contributed by atoms with Crippen LogP contribution in [0.3, 0.4) is 0 Å². The highest BCUT2D eigenvalue weighted by Crippen LogP contribution is 2.36. The molecule has 0 N–H and O–H groups in total. The molecule has 0 saturated carbocycles. The molecular formula is C32H22Cl2O8S2. The Hall–Kier alpha value is -3.46. The predicted octanol–water partition coefficient (Wildman–Crippen LogP) is 0.671. The van der Waals surface area contributed by atoms with E-state index < -0.39 is 20.5 Å². The van der Waals surface area contributed by atoms with E-state index in [4.69, 9.17) is 37.3 Å². The molecule has 0 spiro atoms. The standard InChI is InChI=1S/C32H22S2.2ClHO4/c1-3-11-23(12-4-1)31-21-25(27-15-7-9-17-29(27)33-31)19-20-26-22-32(24-13-5-2-6-14-24)34-30-18-10-8-16-28(26)30;2*2-1(3,4)5/h1-22H;2*(H,2,3,4,5)/q+2;;/p-2/b20-19+;;. The van der Waals surface area contributed by atoms with E-state index in [0.29, 0.717) is 0 Å². The van der Waals surface area contributed by atoms with Crippen molar-refractivity contribution in [3.05, 3.63) is 132 Å². The summed E-state index contributed by atoms with van der Waals surface area (Å²) in [6.45, 7) is 0. The minimum absolute atomic E-state index is 1.24. The van der Waals surface area contributed by atoms with Gasteiger partial charge in [0.2, 0.25) is 41.8 Å². The van der Waals surface area contributed by atoms with Crippen LogP contribution in [0.5, 0.6) is 0 Å². The van der Waals surface area contributed by atoms with Gasteiger partial charge in [-0.2, -0.15) is 0 Å². The van der Waals surface area contributed by atoms with Crippen molar-refractivity contribution in [1.29, 1.82) is 0 Å². The third kappa shape index (κ3) is 10.6. The second-order valence-electron chi connectivity index (χ2n) is 8.95. The fourth-order valence-corrected chi connectivity index (χ4v) is 6.51. The lowest BCUT2D eigenvalue weighted by Crippen LogP contribution is -2.68. The summed E-state index contributed by atoms with van der Waals surface area (Å²) in [5.74, 6) is 0. The van der Waals surface area contributed by atoms with E-state index in [1.165, 1.54) is 52.2 Å². The molecule has 44 heavy (non-hydrogen) atoms. The molecule has 8 nitrogen and oxygen atoms in total. The van der Waals surface area contributed by atoms with E-state index >= 15 is 0 Å². The molecule has 2 heterocycles. The highest BCUT2D eigenvalue weighted by molar-refractivity contribution is 7.22. The molecular weight excluding hydrogens is 647 g/mol. The van der Waals surface area contributed by atoms with Crippen LogP contribution < -0.4 is 37.3 Å². The lowest BCUT2D eigenvalue weighted by atomic mass is 10.0. The summed E-state index contributed by atoms with van der Waals surface area (Å²) >= 11 is 3.69. The van der Waals surface area contributed by atoms with Crippen LogP contribution in [0.1, 0.15) is 11.1 Å². The molecule has 0 radical (unpaired) electrons. The van der Waals surface area contributed by atoms with Crippen molar-refractivity contribution in [1.82, 2.24) is 0 Å². The van der Waals surface area contributed by atoms with Crippen molar-refractivity contribution in [2.45, 2.75) is 0 Å². The first-order valence-electron chi connectivity index (χ1n) is 12.6. The lowest BCUT2D eigenvalue weighted by molar-refractivity contribution is -2.00. The highest BCUT2D eigenvalue weighted by Gasteiger charge is 2.18. The lowest BCUT2D eigenvalue weighted by Gasteiger charge is -2.17. The summed E-state index contributed by atoms with van der Waals surface area (Å²) in [5.41, 5.74) is 4.99. The smallest absolute Gasteiger partial charge is 0.222 e. The van der Waals surface area contributed by atoms with Gasteiger partial charge < -0.3 is 0 Å². The maximum absolute atomic E-state index is 8.49. The molecule has 2 aromatic heterocycles. The Kier molecular flexibility index (Phi) is 11.4. The van der Waals surface area contributed by atoms with Gasteiger partial charge in [0.25, 0.3) is 0 Å². The van der Waals surface area contributed by atoms with Crippen LogP contribution in [-0.4, -0.2) is 0 Å². The van der Waals surface area contributed by atoms with Gasteiger partial charge in [0.05, 0.1) is 0 Å². The molecule has 6 rings (SSSR count). The Morgan fingerprint density at radius 3 is 1.05 bits per heavy atom. The monoisotopic (exact) mass is 668 g/mol. The average Bonchev–Trinajstić information content (AvgIpc) is 2.98. The van der Waals surface area contributed by atoms with Gasteiger partial charge in [0.1, 0.15) is 0 Å². The van der Waals surface area contributed by atoms with E-state index in [9.17, 15) is 0 Å². The fourth-order valence-electron chi connectivity index (χ4n) is 4.27. The van der Waals surface area contributed by atoms with Crippen LogP contribution in [0.2, 0.25) is 0 Å².